The van der Waals surface area contributed by atoms with Crippen molar-refractivity contribution < 1.29 is 8.83 Å². The first-order chi connectivity index (χ1) is 26.7. The van der Waals surface area contributed by atoms with Gasteiger partial charge in [0.15, 0.2) is 23.1 Å². The molecule has 0 saturated heterocycles. The van der Waals surface area contributed by atoms with E-state index in [-0.39, 0.29) is 0 Å². The van der Waals surface area contributed by atoms with Crippen LogP contribution in [0.3, 0.4) is 0 Å². The summed E-state index contributed by atoms with van der Waals surface area (Å²) < 4.78 is 12.7. The van der Waals surface area contributed by atoms with Crippen molar-refractivity contribution in [2.45, 2.75) is 0 Å². The molecule has 11 rings (SSSR count). The van der Waals surface area contributed by atoms with E-state index in [1.165, 1.54) is 0 Å². The van der Waals surface area contributed by atoms with E-state index in [1.54, 1.807) is 0 Å². The van der Waals surface area contributed by atoms with Crippen molar-refractivity contribution in [2.24, 2.45) is 0 Å². The summed E-state index contributed by atoms with van der Waals surface area (Å²) in [5.74, 6) is 2.33. The Labute approximate surface area is 309 Å². The highest BCUT2D eigenvalue weighted by molar-refractivity contribution is 6.12. The van der Waals surface area contributed by atoms with Crippen molar-refractivity contribution in [1.29, 1.82) is 0 Å². The van der Waals surface area contributed by atoms with Gasteiger partial charge in [-0.3, -0.25) is 0 Å². The standard InChI is InChI=1S/C48H28N4O2/c1-2-12-31(13-3-1)48-49-40-25-23-30-15-10-19-37(43(30)44(40)54-48)35-16-6-7-18-38(35)47-51-45(33-22-21-29-11-4-5-14-32(29)27-33)50-46(52-47)34-24-26-42-39(28-34)36-17-8-9-20-41(36)53-42/h1-28H. The molecule has 0 spiro atoms. The molecule has 0 fully saturated rings. The molecular weight excluding hydrogens is 665 g/mol. The van der Waals surface area contributed by atoms with Gasteiger partial charge in [-0.2, -0.15) is 0 Å². The van der Waals surface area contributed by atoms with Gasteiger partial charge in [-0.1, -0.05) is 121 Å². The Morgan fingerprint density at radius 2 is 1.00 bits per heavy atom. The third-order valence-electron chi connectivity index (χ3n) is 10.2. The summed E-state index contributed by atoms with van der Waals surface area (Å²) in [6.07, 6.45) is 0. The molecule has 252 valence electrons. The van der Waals surface area contributed by atoms with Crippen LogP contribution in [0.25, 0.3) is 111 Å². The summed E-state index contributed by atoms with van der Waals surface area (Å²) >= 11 is 0. The maximum absolute atomic E-state index is 6.56. The van der Waals surface area contributed by atoms with Crippen LogP contribution in [0, 0.1) is 0 Å². The first-order valence-electron chi connectivity index (χ1n) is 17.9. The van der Waals surface area contributed by atoms with E-state index in [4.69, 9.17) is 28.8 Å². The van der Waals surface area contributed by atoms with Crippen LogP contribution in [0.4, 0.5) is 0 Å². The van der Waals surface area contributed by atoms with Gasteiger partial charge >= 0.3 is 0 Å². The Morgan fingerprint density at radius 1 is 0.352 bits per heavy atom. The molecule has 0 atom stereocenters. The van der Waals surface area contributed by atoms with Gasteiger partial charge in [-0.05, 0) is 75.8 Å². The van der Waals surface area contributed by atoms with Gasteiger partial charge in [0.2, 0.25) is 5.89 Å². The summed E-state index contributed by atoms with van der Waals surface area (Å²) in [6.45, 7) is 0. The summed E-state index contributed by atoms with van der Waals surface area (Å²) in [4.78, 5) is 20.4. The first kappa shape index (κ1) is 30.2. The van der Waals surface area contributed by atoms with Gasteiger partial charge in [0.05, 0.1) is 0 Å². The lowest BCUT2D eigenvalue weighted by atomic mass is 9.93. The maximum atomic E-state index is 6.56. The number of benzene rings is 8. The zero-order valence-corrected chi connectivity index (χ0v) is 28.8. The smallest absolute Gasteiger partial charge is 0.227 e. The molecule has 0 aliphatic rings. The van der Waals surface area contributed by atoms with Crippen molar-refractivity contribution in [2.75, 3.05) is 0 Å². The van der Waals surface area contributed by atoms with E-state index in [1.807, 2.05) is 72.8 Å². The predicted octanol–water partition coefficient (Wildman–Crippen LogP) is 12.6. The van der Waals surface area contributed by atoms with Gasteiger partial charge in [0.1, 0.15) is 16.7 Å². The molecule has 0 unspecified atom stereocenters. The van der Waals surface area contributed by atoms with Gasteiger partial charge < -0.3 is 8.83 Å². The Bertz CT molecular complexity index is 3240. The molecule has 0 N–H and O–H groups in total. The number of aromatic nitrogens is 4. The SMILES string of the molecule is c1ccc(-c2nc3ccc4cccc(-c5ccccc5-c5nc(-c6ccc7ccccc7c6)nc(-c6ccc7oc8ccccc8c7c6)n5)c4c3o2)cc1. The lowest BCUT2D eigenvalue weighted by molar-refractivity contribution is 0.623. The van der Waals surface area contributed by atoms with Gasteiger partial charge in [0.25, 0.3) is 0 Å². The minimum Gasteiger partial charge on any atom is -0.456 e. The number of oxazole rings is 1. The lowest BCUT2D eigenvalue weighted by Crippen LogP contribution is -2.01. The van der Waals surface area contributed by atoms with Gasteiger partial charge in [0, 0.05) is 38.4 Å². The average Bonchev–Trinajstić information content (AvgIpc) is 3.85. The van der Waals surface area contributed by atoms with Crippen molar-refractivity contribution in [3.05, 3.63) is 170 Å². The Hall–Kier alpha value is -7.44. The Morgan fingerprint density at radius 3 is 1.89 bits per heavy atom. The van der Waals surface area contributed by atoms with E-state index >= 15 is 0 Å². The van der Waals surface area contributed by atoms with Crippen molar-refractivity contribution in [1.82, 2.24) is 19.9 Å². The highest BCUT2D eigenvalue weighted by Crippen LogP contribution is 2.41. The molecule has 6 nitrogen and oxygen atoms in total. The van der Waals surface area contributed by atoms with Crippen LogP contribution in [-0.4, -0.2) is 19.9 Å². The average molecular weight is 693 g/mol. The molecule has 0 aliphatic heterocycles. The largest absolute Gasteiger partial charge is 0.456 e. The summed E-state index contributed by atoms with van der Waals surface area (Å²) in [5.41, 5.74) is 8.78. The van der Waals surface area contributed by atoms with Crippen molar-refractivity contribution in [3.8, 4) is 56.7 Å². The Kier molecular flexibility index (Phi) is 6.75. The Balaban J connectivity index is 1.14. The molecule has 54 heavy (non-hydrogen) atoms. The maximum Gasteiger partial charge on any atom is 0.227 e. The highest BCUT2D eigenvalue weighted by Gasteiger charge is 2.20. The summed E-state index contributed by atoms with van der Waals surface area (Å²) in [7, 11) is 0. The number of nitrogens with zero attached hydrogens (tertiary/aromatic N) is 4. The van der Waals surface area contributed by atoms with Gasteiger partial charge in [-0.25, -0.2) is 19.9 Å². The monoisotopic (exact) mass is 692 g/mol. The fourth-order valence-corrected chi connectivity index (χ4v) is 7.54. The minimum absolute atomic E-state index is 0.572. The third-order valence-corrected chi connectivity index (χ3v) is 10.2. The summed E-state index contributed by atoms with van der Waals surface area (Å²) in [6, 6.07) is 57.7. The van der Waals surface area contributed by atoms with Crippen LogP contribution in [-0.2, 0) is 0 Å². The molecule has 3 heterocycles. The van der Waals surface area contributed by atoms with E-state index in [9.17, 15) is 0 Å². The van der Waals surface area contributed by atoms with Crippen LogP contribution >= 0.6 is 0 Å². The molecule has 0 aliphatic carbocycles. The second kappa shape index (κ2) is 12.1. The zero-order chi connectivity index (χ0) is 35.6. The second-order valence-corrected chi connectivity index (χ2v) is 13.4. The number of fused-ring (bicyclic) bond motifs is 7. The van der Waals surface area contributed by atoms with Crippen LogP contribution < -0.4 is 0 Å². The van der Waals surface area contributed by atoms with Crippen LogP contribution in [0.5, 0.6) is 0 Å². The third kappa shape index (κ3) is 4.96. The van der Waals surface area contributed by atoms with Crippen LogP contribution in [0.2, 0.25) is 0 Å². The number of para-hydroxylation sites is 1. The fraction of sp³-hybridized carbons (Fsp3) is 0. The van der Waals surface area contributed by atoms with Crippen LogP contribution in [0.15, 0.2) is 179 Å². The fourth-order valence-electron chi connectivity index (χ4n) is 7.54. The molecule has 0 saturated carbocycles. The number of furan rings is 1. The van der Waals surface area contributed by atoms with E-state index in [2.05, 4.69) is 97.1 Å². The molecule has 0 bridgehead atoms. The molecular formula is C48H28N4O2. The minimum atomic E-state index is 0.572. The first-order valence-corrected chi connectivity index (χ1v) is 17.9. The normalized spacial score (nSPS) is 11.7. The van der Waals surface area contributed by atoms with Gasteiger partial charge in [-0.15, -0.1) is 0 Å². The molecule has 6 heteroatoms. The number of rotatable bonds is 5. The zero-order valence-electron chi connectivity index (χ0n) is 28.8. The quantitative estimate of drug-likeness (QED) is 0.179. The molecule has 0 amide bonds. The number of hydrogen-bond acceptors (Lipinski definition) is 6. The molecule has 0 radical (unpaired) electrons. The van der Waals surface area contributed by atoms with E-state index < -0.39 is 0 Å². The number of hydrogen-bond donors (Lipinski definition) is 0. The van der Waals surface area contributed by atoms with Crippen LogP contribution in [0.1, 0.15) is 0 Å². The van der Waals surface area contributed by atoms with Crippen molar-refractivity contribution >= 4 is 54.6 Å². The molecule has 3 aromatic heterocycles. The topological polar surface area (TPSA) is 77.8 Å². The van der Waals surface area contributed by atoms with E-state index in [0.717, 1.165) is 88.0 Å². The molecule has 8 aromatic carbocycles. The predicted molar refractivity (Wildman–Crippen MR) is 217 cm³/mol. The van der Waals surface area contributed by atoms with Crippen molar-refractivity contribution in [3.63, 3.8) is 0 Å². The molecule has 11 aromatic rings. The lowest BCUT2D eigenvalue weighted by Gasteiger charge is -2.14. The highest BCUT2D eigenvalue weighted by atomic mass is 16.3. The summed E-state index contributed by atoms with van der Waals surface area (Å²) in [5, 5.41) is 6.38. The second-order valence-electron chi connectivity index (χ2n) is 13.4. The van der Waals surface area contributed by atoms with E-state index in [0.29, 0.717) is 23.4 Å².